The van der Waals surface area contributed by atoms with Crippen LogP contribution in [0.5, 0.6) is 0 Å². The van der Waals surface area contributed by atoms with Gasteiger partial charge in [-0.3, -0.25) is 14.7 Å². The zero-order chi connectivity index (χ0) is 21.9. The lowest BCUT2D eigenvalue weighted by atomic mass is 10.0. The summed E-state index contributed by atoms with van der Waals surface area (Å²) in [5.74, 6) is -0.377. The highest BCUT2D eigenvalue weighted by Gasteiger charge is 2.27. The molecule has 1 atom stereocenters. The van der Waals surface area contributed by atoms with Gasteiger partial charge in [-0.1, -0.05) is 23.4 Å². The third kappa shape index (κ3) is 4.53. The van der Waals surface area contributed by atoms with Crippen LogP contribution in [0.25, 0.3) is 0 Å². The number of carbonyl (C=O) groups excluding carboxylic acids is 1. The third-order valence-electron chi connectivity index (χ3n) is 6.11. The second-order valence-electron chi connectivity index (χ2n) is 8.25. The number of likely N-dealkylation sites (tertiary alicyclic amines) is 1. The molecule has 5 rings (SSSR count). The summed E-state index contributed by atoms with van der Waals surface area (Å²) < 4.78 is 21.1. The Hall–Kier alpha value is -3.17. The maximum atomic E-state index is 13.2. The zero-order valence-electron chi connectivity index (χ0n) is 17.7. The summed E-state index contributed by atoms with van der Waals surface area (Å²) in [6.45, 7) is 3.45. The fourth-order valence-corrected chi connectivity index (χ4v) is 4.27. The third-order valence-corrected chi connectivity index (χ3v) is 6.11. The number of hydrogen-bond acceptors (Lipinski definition) is 6. The molecule has 1 saturated heterocycles. The first-order chi connectivity index (χ1) is 15.7. The van der Waals surface area contributed by atoms with Crippen molar-refractivity contribution < 1.29 is 13.9 Å². The van der Waals surface area contributed by atoms with E-state index < -0.39 is 0 Å². The number of piperidine rings is 1. The Bertz CT molecular complexity index is 1060. The van der Waals surface area contributed by atoms with Crippen molar-refractivity contribution in [3.05, 3.63) is 77.1 Å². The van der Waals surface area contributed by atoms with E-state index >= 15 is 0 Å². The number of halogens is 1. The molecule has 0 bridgehead atoms. The lowest BCUT2D eigenvalue weighted by molar-refractivity contribution is -0.00220. The predicted octanol–water partition coefficient (Wildman–Crippen LogP) is 2.48. The van der Waals surface area contributed by atoms with Crippen LogP contribution in [0.15, 0.2) is 48.7 Å². The number of pyridine rings is 1. The SMILES string of the molecule is O=C(NC1CCN(Cc2nnn3c2CO[C@H](c2ccc(F)cc2)C3)CC1)c1ccccn1. The van der Waals surface area contributed by atoms with E-state index in [1.807, 2.05) is 10.7 Å². The van der Waals surface area contributed by atoms with Gasteiger partial charge in [-0.05, 0) is 42.7 Å². The Labute approximate surface area is 185 Å². The minimum absolute atomic E-state index is 0.121. The van der Waals surface area contributed by atoms with Crippen LogP contribution in [0.3, 0.4) is 0 Å². The maximum Gasteiger partial charge on any atom is 0.270 e. The van der Waals surface area contributed by atoms with Gasteiger partial charge in [0.1, 0.15) is 23.3 Å². The van der Waals surface area contributed by atoms with Gasteiger partial charge < -0.3 is 10.1 Å². The van der Waals surface area contributed by atoms with Crippen molar-refractivity contribution in [1.29, 1.82) is 0 Å². The normalized spacial score (nSPS) is 19.5. The van der Waals surface area contributed by atoms with Crippen LogP contribution in [0.4, 0.5) is 4.39 Å². The molecule has 2 aliphatic heterocycles. The molecule has 1 aromatic carbocycles. The largest absolute Gasteiger partial charge is 0.365 e. The van der Waals surface area contributed by atoms with E-state index in [0.29, 0.717) is 25.4 Å². The highest BCUT2D eigenvalue weighted by molar-refractivity contribution is 5.92. The Kier molecular flexibility index (Phi) is 5.91. The number of amides is 1. The lowest BCUT2D eigenvalue weighted by Crippen LogP contribution is -2.44. The first-order valence-electron chi connectivity index (χ1n) is 10.9. The van der Waals surface area contributed by atoms with Gasteiger partial charge in [0.2, 0.25) is 0 Å². The van der Waals surface area contributed by atoms with E-state index in [4.69, 9.17) is 4.74 Å². The van der Waals surface area contributed by atoms with Crippen LogP contribution in [-0.2, 0) is 24.4 Å². The molecule has 0 spiro atoms. The molecule has 0 unspecified atom stereocenters. The number of benzene rings is 1. The summed E-state index contributed by atoms with van der Waals surface area (Å²) >= 11 is 0. The molecule has 2 aromatic heterocycles. The molecule has 32 heavy (non-hydrogen) atoms. The number of ether oxygens (including phenoxy) is 1. The number of rotatable bonds is 5. The number of carbonyl (C=O) groups is 1. The van der Waals surface area contributed by atoms with Crippen molar-refractivity contribution in [2.75, 3.05) is 13.1 Å². The summed E-state index contributed by atoms with van der Waals surface area (Å²) in [6.07, 6.45) is 3.23. The highest BCUT2D eigenvalue weighted by Crippen LogP contribution is 2.27. The molecule has 3 aromatic rings. The Balaban J connectivity index is 1.14. The van der Waals surface area contributed by atoms with Crippen LogP contribution in [0.1, 0.15) is 46.4 Å². The summed E-state index contributed by atoms with van der Waals surface area (Å²) in [5, 5.41) is 11.8. The first kappa shape index (κ1) is 20.7. The minimum Gasteiger partial charge on any atom is -0.365 e. The number of fused-ring (bicyclic) bond motifs is 1. The summed E-state index contributed by atoms with van der Waals surface area (Å²) in [4.78, 5) is 18.8. The smallest absolute Gasteiger partial charge is 0.270 e. The summed E-state index contributed by atoms with van der Waals surface area (Å²) in [7, 11) is 0. The molecule has 1 fully saturated rings. The molecule has 1 amide bonds. The van der Waals surface area contributed by atoms with E-state index in [9.17, 15) is 9.18 Å². The molecule has 0 saturated carbocycles. The van der Waals surface area contributed by atoms with Gasteiger partial charge in [0.15, 0.2) is 0 Å². The molecular formula is C23H25FN6O2. The van der Waals surface area contributed by atoms with E-state index in [2.05, 4.69) is 25.5 Å². The molecule has 0 aliphatic carbocycles. The van der Waals surface area contributed by atoms with Crippen molar-refractivity contribution >= 4 is 5.91 Å². The Morgan fingerprint density at radius 1 is 1.16 bits per heavy atom. The van der Waals surface area contributed by atoms with Gasteiger partial charge in [-0.25, -0.2) is 9.07 Å². The average molecular weight is 436 g/mol. The van der Waals surface area contributed by atoms with E-state index in [0.717, 1.165) is 42.9 Å². The molecule has 1 N–H and O–H groups in total. The van der Waals surface area contributed by atoms with E-state index in [1.54, 1.807) is 30.5 Å². The number of nitrogens with zero attached hydrogens (tertiary/aromatic N) is 5. The number of aromatic nitrogens is 4. The van der Waals surface area contributed by atoms with Gasteiger partial charge in [0.25, 0.3) is 5.91 Å². The molecular weight excluding hydrogens is 411 g/mol. The molecule has 4 heterocycles. The standard InChI is InChI=1S/C23H25FN6O2/c24-17-6-4-16(5-7-17)22-14-30-21(15-32-22)20(27-28-30)13-29-11-8-18(9-12-29)26-23(31)19-3-1-2-10-25-19/h1-7,10,18,22H,8-9,11-15H2,(H,26,31)/t22-/m0/s1. The van der Waals surface area contributed by atoms with Gasteiger partial charge in [-0.15, -0.1) is 5.10 Å². The highest BCUT2D eigenvalue weighted by atomic mass is 19.1. The molecule has 0 radical (unpaired) electrons. The fourth-order valence-electron chi connectivity index (χ4n) is 4.27. The second-order valence-corrected chi connectivity index (χ2v) is 8.25. The van der Waals surface area contributed by atoms with Crippen molar-refractivity contribution in [2.24, 2.45) is 0 Å². The maximum absolute atomic E-state index is 13.2. The predicted molar refractivity (Wildman–Crippen MR) is 114 cm³/mol. The van der Waals surface area contributed by atoms with E-state index in [1.165, 1.54) is 12.1 Å². The van der Waals surface area contributed by atoms with Crippen LogP contribution >= 0.6 is 0 Å². The first-order valence-corrected chi connectivity index (χ1v) is 10.9. The topological polar surface area (TPSA) is 85.2 Å². The quantitative estimate of drug-likeness (QED) is 0.662. The average Bonchev–Trinajstić information content (AvgIpc) is 3.23. The molecule has 2 aliphatic rings. The Morgan fingerprint density at radius 2 is 1.97 bits per heavy atom. The van der Waals surface area contributed by atoms with Crippen LogP contribution in [0, 0.1) is 5.82 Å². The van der Waals surface area contributed by atoms with Crippen molar-refractivity contribution in [2.45, 2.75) is 44.7 Å². The van der Waals surface area contributed by atoms with Gasteiger partial charge in [0, 0.05) is 31.9 Å². The number of nitrogens with one attached hydrogen (secondary N) is 1. The minimum atomic E-state index is -0.256. The van der Waals surface area contributed by atoms with Gasteiger partial charge in [-0.2, -0.15) is 0 Å². The van der Waals surface area contributed by atoms with Crippen LogP contribution in [0.2, 0.25) is 0 Å². The Morgan fingerprint density at radius 3 is 2.72 bits per heavy atom. The van der Waals surface area contributed by atoms with Gasteiger partial charge in [0.05, 0.1) is 18.8 Å². The molecule has 8 nitrogen and oxygen atoms in total. The fraction of sp³-hybridized carbons (Fsp3) is 0.391. The van der Waals surface area contributed by atoms with Crippen molar-refractivity contribution in [3.8, 4) is 0 Å². The summed E-state index contributed by atoms with van der Waals surface area (Å²) in [5.41, 5.74) is 3.31. The van der Waals surface area contributed by atoms with Crippen molar-refractivity contribution in [3.63, 3.8) is 0 Å². The molecule has 9 heteroatoms. The van der Waals surface area contributed by atoms with E-state index in [-0.39, 0.29) is 23.9 Å². The van der Waals surface area contributed by atoms with Gasteiger partial charge >= 0.3 is 0 Å². The van der Waals surface area contributed by atoms with Crippen molar-refractivity contribution in [1.82, 2.24) is 30.2 Å². The summed E-state index contributed by atoms with van der Waals surface area (Å²) in [6, 6.07) is 11.9. The zero-order valence-corrected chi connectivity index (χ0v) is 17.7. The molecule has 166 valence electrons. The second kappa shape index (κ2) is 9.13. The van der Waals surface area contributed by atoms with Crippen LogP contribution < -0.4 is 5.32 Å². The monoisotopic (exact) mass is 436 g/mol. The lowest BCUT2D eigenvalue weighted by Gasteiger charge is -2.32. The number of hydrogen-bond donors (Lipinski definition) is 1. The van der Waals surface area contributed by atoms with Crippen LogP contribution in [-0.4, -0.2) is 49.9 Å².